The Balaban J connectivity index is 1.78. The number of hydrogen-bond donors (Lipinski definition) is 2. The zero-order chi connectivity index (χ0) is 19.6. The van der Waals surface area contributed by atoms with Crippen molar-refractivity contribution >= 4 is 27.4 Å². The van der Waals surface area contributed by atoms with Gasteiger partial charge in [-0.05, 0) is 49.2 Å². The fraction of sp³-hybridized carbons (Fsp3) is 0.333. The Morgan fingerprint density at radius 3 is 2.52 bits per heavy atom. The first kappa shape index (κ1) is 19.3. The van der Waals surface area contributed by atoms with E-state index in [1.54, 1.807) is 32.2 Å². The molecule has 2 heterocycles. The fourth-order valence-corrected chi connectivity index (χ4v) is 3.78. The van der Waals surface area contributed by atoms with Crippen molar-refractivity contribution in [3.63, 3.8) is 0 Å². The molecule has 0 aliphatic carbocycles. The smallest absolute Gasteiger partial charge is 0.255 e. The van der Waals surface area contributed by atoms with Crippen LogP contribution >= 0.6 is 0 Å². The van der Waals surface area contributed by atoms with Crippen LogP contribution < -0.4 is 15.4 Å². The molecule has 0 bridgehead atoms. The first-order valence-corrected chi connectivity index (χ1v) is 10.0. The van der Waals surface area contributed by atoms with Gasteiger partial charge in [-0.25, -0.2) is 18.5 Å². The van der Waals surface area contributed by atoms with E-state index in [1.807, 2.05) is 6.07 Å². The predicted molar refractivity (Wildman–Crippen MR) is 103 cm³/mol. The van der Waals surface area contributed by atoms with Crippen molar-refractivity contribution in [1.29, 1.82) is 0 Å². The van der Waals surface area contributed by atoms with Crippen LogP contribution in [-0.2, 0) is 14.8 Å². The highest BCUT2D eigenvalue weighted by atomic mass is 32.2. The van der Waals surface area contributed by atoms with E-state index in [-0.39, 0.29) is 10.5 Å². The standard InChI is InChI=1S/C18H22N4O4S/c1-12-9-14(10-16(13(12)2)27(19,24)25)18(23)21-15-3-4-17(20-11-15)22-5-7-26-8-6-22/h3-4,9-11H,5-8H2,1-2H3,(H,21,23)(H2,19,24,25). The molecule has 0 unspecified atom stereocenters. The lowest BCUT2D eigenvalue weighted by Gasteiger charge is -2.27. The van der Waals surface area contributed by atoms with E-state index >= 15 is 0 Å². The normalized spacial score (nSPS) is 14.9. The van der Waals surface area contributed by atoms with Crippen LogP contribution in [0.3, 0.4) is 0 Å². The Kier molecular flexibility index (Phi) is 5.45. The van der Waals surface area contributed by atoms with E-state index in [0.717, 1.165) is 18.9 Å². The highest BCUT2D eigenvalue weighted by Gasteiger charge is 2.18. The van der Waals surface area contributed by atoms with Crippen LogP contribution in [0.15, 0.2) is 35.4 Å². The van der Waals surface area contributed by atoms with Gasteiger partial charge in [0.25, 0.3) is 5.91 Å². The number of pyridine rings is 1. The zero-order valence-corrected chi connectivity index (χ0v) is 16.0. The number of primary sulfonamides is 1. The Bertz CT molecular complexity index is 952. The molecule has 0 saturated carbocycles. The summed E-state index contributed by atoms with van der Waals surface area (Å²) in [7, 11) is -3.91. The number of rotatable bonds is 4. The lowest BCUT2D eigenvalue weighted by atomic mass is 10.1. The van der Waals surface area contributed by atoms with E-state index < -0.39 is 15.9 Å². The topological polar surface area (TPSA) is 115 Å². The van der Waals surface area contributed by atoms with Crippen LogP contribution in [0.5, 0.6) is 0 Å². The third-order valence-corrected chi connectivity index (χ3v) is 5.57. The Morgan fingerprint density at radius 2 is 1.93 bits per heavy atom. The maximum absolute atomic E-state index is 12.5. The van der Waals surface area contributed by atoms with Crippen LogP contribution in [0.4, 0.5) is 11.5 Å². The summed E-state index contributed by atoms with van der Waals surface area (Å²) in [6.45, 7) is 6.28. The number of morpholine rings is 1. The Morgan fingerprint density at radius 1 is 1.22 bits per heavy atom. The number of aryl methyl sites for hydroxylation is 1. The lowest BCUT2D eigenvalue weighted by molar-refractivity contribution is 0.102. The molecule has 144 valence electrons. The van der Waals surface area contributed by atoms with Gasteiger partial charge in [-0.15, -0.1) is 0 Å². The number of anilines is 2. The van der Waals surface area contributed by atoms with E-state index in [9.17, 15) is 13.2 Å². The first-order chi connectivity index (χ1) is 12.8. The lowest BCUT2D eigenvalue weighted by Crippen LogP contribution is -2.36. The molecule has 2 aromatic rings. The quantitative estimate of drug-likeness (QED) is 0.816. The second-order valence-electron chi connectivity index (χ2n) is 6.42. The molecule has 1 aliphatic heterocycles. The number of amides is 1. The van der Waals surface area contributed by atoms with Gasteiger partial charge in [0, 0.05) is 18.7 Å². The van der Waals surface area contributed by atoms with Crippen molar-refractivity contribution in [3.05, 3.63) is 47.2 Å². The van der Waals surface area contributed by atoms with Gasteiger partial charge < -0.3 is 15.0 Å². The van der Waals surface area contributed by atoms with Crippen molar-refractivity contribution in [1.82, 2.24) is 4.98 Å². The number of nitrogens with one attached hydrogen (secondary N) is 1. The van der Waals surface area contributed by atoms with E-state index in [4.69, 9.17) is 9.88 Å². The van der Waals surface area contributed by atoms with Crippen LogP contribution in [-0.4, -0.2) is 45.6 Å². The molecule has 9 heteroatoms. The number of hydrogen-bond acceptors (Lipinski definition) is 6. The van der Waals surface area contributed by atoms with Crippen molar-refractivity contribution in [2.75, 3.05) is 36.5 Å². The van der Waals surface area contributed by atoms with E-state index in [0.29, 0.717) is 30.0 Å². The second kappa shape index (κ2) is 7.63. The summed E-state index contributed by atoms with van der Waals surface area (Å²) in [6.07, 6.45) is 1.57. The molecular weight excluding hydrogens is 368 g/mol. The highest BCUT2D eigenvalue weighted by molar-refractivity contribution is 7.89. The first-order valence-electron chi connectivity index (χ1n) is 8.50. The molecule has 3 N–H and O–H groups in total. The van der Waals surface area contributed by atoms with Crippen LogP contribution in [0.1, 0.15) is 21.5 Å². The molecule has 0 radical (unpaired) electrons. The number of nitrogens with two attached hydrogens (primary N) is 1. The SMILES string of the molecule is Cc1cc(C(=O)Nc2ccc(N3CCOCC3)nc2)cc(S(N)(=O)=O)c1C. The highest BCUT2D eigenvalue weighted by Crippen LogP contribution is 2.21. The summed E-state index contributed by atoms with van der Waals surface area (Å²) in [4.78, 5) is 19.0. The van der Waals surface area contributed by atoms with Gasteiger partial charge in [-0.2, -0.15) is 0 Å². The third kappa shape index (κ3) is 4.44. The molecule has 1 aromatic heterocycles. The van der Waals surface area contributed by atoms with Gasteiger partial charge in [-0.3, -0.25) is 4.79 Å². The predicted octanol–water partition coefficient (Wildman–Crippen LogP) is 1.43. The maximum Gasteiger partial charge on any atom is 0.255 e. The number of sulfonamides is 1. The number of ether oxygens (including phenoxy) is 1. The zero-order valence-electron chi connectivity index (χ0n) is 15.2. The average Bonchev–Trinajstić information content (AvgIpc) is 2.64. The summed E-state index contributed by atoms with van der Waals surface area (Å²) in [6, 6.07) is 6.52. The molecule has 1 saturated heterocycles. The van der Waals surface area contributed by atoms with Gasteiger partial charge in [0.2, 0.25) is 10.0 Å². The Labute approximate surface area is 158 Å². The van der Waals surface area contributed by atoms with Crippen molar-refractivity contribution in [2.45, 2.75) is 18.7 Å². The summed E-state index contributed by atoms with van der Waals surface area (Å²) in [5.41, 5.74) is 1.95. The van der Waals surface area contributed by atoms with Crippen LogP contribution in [0.2, 0.25) is 0 Å². The Hall–Kier alpha value is -2.49. The minimum absolute atomic E-state index is 0.0477. The van der Waals surface area contributed by atoms with Gasteiger partial charge >= 0.3 is 0 Å². The molecule has 0 atom stereocenters. The van der Waals surface area contributed by atoms with Gasteiger partial charge in [0.15, 0.2) is 0 Å². The average molecular weight is 390 g/mol. The number of nitrogens with zero attached hydrogens (tertiary/aromatic N) is 2. The molecular formula is C18H22N4O4S. The summed E-state index contributed by atoms with van der Waals surface area (Å²) >= 11 is 0. The fourth-order valence-electron chi connectivity index (χ4n) is 2.90. The number of carbonyl (C=O) groups is 1. The van der Waals surface area contributed by atoms with Crippen molar-refractivity contribution < 1.29 is 17.9 Å². The van der Waals surface area contributed by atoms with E-state index in [2.05, 4.69) is 15.2 Å². The molecule has 1 aliphatic rings. The van der Waals surface area contributed by atoms with Gasteiger partial charge in [-0.1, -0.05) is 0 Å². The number of benzene rings is 1. The monoisotopic (exact) mass is 390 g/mol. The summed E-state index contributed by atoms with van der Waals surface area (Å²) < 4.78 is 28.8. The summed E-state index contributed by atoms with van der Waals surface area (Å²) in [5.74, 6) is 0.392. The number of carbonyl (C=O) groups excluding carboxylic acids is 1. The number of aromatic nitrogens is 1. The molecule has 1 amide bonds. The molecule has 1 fully saturated rings. The van der Waals surface area contributed by atoms with Crippen LogP contribution in [0.25, 0.3) is 0 Å². The minimum atomic E-state index is -3.91. The molecule has 1 aromatic carbocycles. The van der Waals surface area contributed by atoms with Crippen LogP contribution in [0, 0.1) is 13.8 Å². The second-order valence-corrected chi connectivity index (χ2v) is 7.95. The summed E-state index contributed by atoms with van der Waals surface area (Å²) in [5, 5.41) is 7.99. The molecule has 0 spiro atoms. The third-order valence-electron chi connectivity index (χ3n) is 4.53. The maximum atomic E-state index is 12.5. The molecule has 27 heavy (non-hydrogen) atoms. The molecule has 3 rings (SSSR count). The van der Waals surface area contributed by atoms with Gasteiger partial charge in [0.1, 0.15) is 5.82 Å². The minimum Gasteiger partial charge on any atom is -0.378 e. The molecule has 8 nitrogen and oxygen atoms in total. The van der Waals surface area contributed by atoms with Crippen molar-refractivity contribution in [3.8, 4) is 0 Å². The van der Waals surface area contributed by atoms with Crippen molar-refractivity contribution in [2.24, 2.45) is 5.14 Å². The van der Waals surface area contributed by atoms with Gasteiger partial charge in [0.05, 0.1) is 30.0 Å². The van der Waals surface area contributed by atoms with E-state index in [1.165, 1.54) is 6.07 Å². The largest absolute Gasteiger partial charge is 0.378 e.